The van der Waals surface area contributed by atoms with Gasteiger partial charge in [0.2, 0.25) is 0 Å². The van der Waals surface area contributed by atoms with Gasteiger partial charge in [-0.3, -0.25) is 0 Å². The molecule has 1 aromatic rings. The van der Waals surface area contributed by atoms with Gasteiger partial charge in [-0.15, -0.1) is 0 Å². The monoisotopic (exact) mass is 260 g/mol. The molecule has 0 amide bonds. The van der Waals surface area contributed by atoms with Crippen LogP contribution in [0.2, 0.25) is 0 Å². The summed E-state index contributed by atoms with van der Waals surface area (Å²) in [7, 11) is 0. The van der Waals surface area contributed by atoms with Gasteiger partial charge >= 0.3 is 0 Å². The summed E-state index contributed by atoms with van der Waals surface area (Å²) in [5, 5.41) is 0.999. The zero-order valence-corrected chi connectivity index (χ0v) is 9.81. The van der Waals surface area contributed by atoms with Crippen molar-refractivity contribution < 1.29 is 4.55 Å². The normalized spacial score (nSPS) is 12.8. The van der Waals surface area contributed by atoms with E-state index in [1.165, 1.54) is 0 Å². The molecular formula is C10H13BrOS. The highest BCUT2D eigenvalue weighted by Gasteiger charge is 2.08. The summed E-state index contributed by atoms with van der Waals surface area (Å²) in [5.74, 6) is 0.773. The molecule has 0 fully saturated rings. The minimum absolute atomic E-state index is 0.773. The largest absolute Gasteiger partial charge is 0.611 e. The Balaban J connectivity index is 2.35. The minimum atomic E-state index is -0.806. The molecule has 1 aromatic carbocycles. The first-order valence-electron chi connectivity index (χ1n) is 4.34. The van der Waals surface area contributed by atoms with Crippen LogP contribution in [0.5, 0.6) is 0 Å². The van der Waals surface area contributed by atoms with Gasteiger partial charge in [-0.1, -0.05) is 34.1 Å². The number of hydrogen-bond donors (Lipinski definition) is 0. The van der Waals surface area contributed by atoms with Crippen molar-refractivity contribution in [1.29, 1.82) is 0 Å². The maximum atomic E-state index is 11.6. The summed E-state index contributed by atoms with van der Waals surface area (Å²) >= 11 is 2.55. The van der Waals surface area contributed by atoms with Gasteiger partial charge in [-0.25, -0.2) is 0 Å². The van der Waals surface area contributed by atoms with E-state index in [1.807, 2.05) is 30.3 Å². The first-order valence-corrected chi connectivity index (χ1v) is 6.78. The molecule has 0 heterocycles. The highest BCUT2D eigenvalue weighted by Crippen LogP contribution is 2.11. The first-order chi connectivity index (χ1) is 6.34. The number of alkyl halides is 1. The average molecular weight is 261 g/mol. The van der Waals surface area contributed by atoms with Crippen LogP contribution in [0.3, 0.4) is 0 Å². The Morgan fingerprint density at radius 2 is 1.85 bits per heavy atom. The van der Waals surface area contributed by atoms with E-state index >= 15 is 0 Å². The van der Waals surface area contributed by atoms with Crippen LogP contribution in [0, 0.1) is 0 Å². The van der Waals surface area contributed by atoms with Crippen LogP contribution >= 0.6 is 15.9 Å². The van der Waals surface area contributed by atoms with E-state index in [-0.39, 0.29) is 0 Å². The topological polar surface area (TPSA) is 23.1 Å². The van der Waals surface area contributed by atoms with Gasteiger partial charge in [-0.05, 0) is 36.2 Å². The van der Waals surface area contributed by atoms with Crippen LogP contribution in [0.4, 0.5) is 0 Å². The standard InChI is InChI=1S/C10H13BrOS/c11-8-4-5-9-13(12)10-6-2-1-3-7-10/h1-3,6-7H,4-5,8-9H2. The molecule has 0 aromatic heterocycles. The van der Waals surface area contributed by atoms with Crippen LogP contribution in [0.25, 0.3) is 0 Å². The maximum absolute atomic E-state index is 11.6. The number of benzene rings is 1. The smallest absolute Gasteiger partial charge is 0.152 e. The molecule has 1 nitrogen and oxygen atoms in total. The molecule has 1 rings (SSSR count). The van der Waals surface area contributed by atoms with Crippen LogP contribution < -0.4 is 0 Å². The third kappa shape index (κ3) is 4.16. The van der Waals surface area contributed by atoms with E-state index in [9.17, 15) is 4.55 Å². The fourth-order valence-electron chi connectivity index (χ4n) is 1.02. The SMILES string of the molecule is [O-][S+](CCCCBr)c1ccccc1. The molecule has 13 heavy (non-hydrogen) atoms. The molecular weight excluding hydrogens is 248 g/mol. The van der Waals surface area contributed by atoms with Gasteiger partial charge in [0.15, 0.2) is 4.90 Å². The Hall–Kier alpha value is 0.0100. The van der Waals surface area contributed by atoms with Crippen molar-refractivity contribution in [2.24, 2.45) is 0 Å². The van der Waals surface area contributed by atoms with Crippen molar-refractivity contribution >= 4 is 27.1 Å². The fourth-order valence-corrected chi connectivity index (χ4v) is 2.58. The highest BCUT2D eigenvalue weighted by atomic mass is 79.9. The lowest BCUT2D eigenvalue weighted by molar-refractivity contribution is 0.592. The second kappa shape index (κ2) is 6.46. The minimum Gasteiger partial charge on any atom is -0.611 e. The van der Waals surface area contributed by atoms with Crippen LogP contribution in [-0.2, 0) is 11.2 Å². The quantitative estimate of drug-likeness (QED) is 0.454. The lowest BCUT2D eigenvalue weighted by Crippen LogP contribution is -2.06. The van der Waals surface area contributed by atoms with Gasteiger partial charge in [0, 0.05) is 5.33 Å². The molecule has 1 atom stereocenters. The molecule has 0 radical (unpaired) electrons. The first kappa shape index (κ1) is 11.1. The summed E-state index contributed by atoms with van der Waals surface area (Å²) in [6.07, 6.45) is 2.12. The third-order valence-corrected chi connectivity index (χ3v) is 3.74. The van der Waals surface area contributed by atoms with Gasteiger partial charge in [0.05, 0.1) is 0 Å². The molecule has 0 saturated carbocycles. The zero-order valence-electron chi connectivity index (χ0n) is 7.41. The molecule has 0 saturated heterocycles. The Morgan fingerprint density at radius 3 is 2.46 bits per heavy atom. The summed E-state index contributed by atoms with van der Waals surface area (Å²) in [5.41, 5.74) is 0. The van der Waals surface area contributed by atoms with Crippen molar-refractivity contribution in [3.05, 3.63) is 30.3 Å². The van der Waals surface area contributed by atoms with E-state index < -0.39 is 11.2 Å². The lowest BCUT2D eigenvalue weighted by atomic mass is 10.4. The van der Waals surface area contributed by atoms with Gasteiger partial charge in [-0.2, -0.15) is 0 Å². The van der Waals surface area contributed by atoms with Crippen molar-refractivity contribution in [1.82, 2.24) is 0 Å². The summed E-state index contributed by atoms with van der Waals surface area (Å²) < 4.78 is 11.6. The molecule has 0 spiro atoms. The van der Waals surface area contributed by atoms with Crippen molar-refractivity contribution in [2.75, 3.05) is 11.1 Å². The molecule has 0 aliphatic carbocycles. The fraction of sp³-hybridized carbons (Fsp3) is 0.400. The van der Waals surface area contributed by atoms with Crippen LogP contribution in [0.15, 0.2) is 35.2 Å². The zero-order chi connectivity index (χ0) is 9.52. The Morgan fingerprint density at radius 1 is 1.15 bits per heavy atom. The van der Waals surface area contributed by atoms with E-state index in [4.69, 9.17) is 0 Å². The Bertz CT molecular complexity index is 228. The van der Waals surface area contributed by atoms with Crippen LogP contribution in [-0.4, -0.2) is 15.6 Å². The van der Waals surface area contributed by atoms with E-state index in [0.717, 1.165) is 28.8 Å². The van der Waals surface area contributed by atoms with E-state index in [2.05, 4.69) is 15.9 Å². The summed E-state index contributed by atoms with van der Waals surface area (Å²) in [4.78, 5) is 0.942. The molecule has 0 N–H and O–H groups in total. The average Bonchev–Trinajstić information content (AvgIpc) is 2.19. The highest BCUT2D eigenvalue weighted by molar-refractivity contribution is 9.09. The van der Waals surface area contributed by atoms with Crippen molar-refractivity contribution in [3.63, 3.8) is 0 Å². The van der Waals surface area contributed by atoms with Crippen molar-refractivity contribution in [2.45, 2.75) is 17.7 Å². The molecule has 72 valence electrons. The molecule has 0 aliphatic heterocycles. The number of rotatable bonds is 5. The molecule has 1 unspecified atom stereocenters. The van der Waals surface area contributed by atoms with Crippen molar-refractivity contribution in [3.8, 4) is 0 Å². The Labute approximate surface area is 90.9 Å². The van der Waals surface area contributed by atoms with E-state index in [0.29, 0.717) is 0 Å². The van der Waals surface area contributed by atoms with Gasteiger partial charge < -0.3 is 4.55 Å². The van der Waals surface area contributed by atoms with Gasteiger partial charge in [0.1, 0.15) is 5.75 Å². The maximum Gasteiger partial charge on any atom is 0.152 e. The summed E-state index contributed by atoms with van der Waals surface area (Å²) in [6.45, 7) is 0. The van der Waals surface area contributed by atoms with E-state index in [1.54, 1.807) is 0 Å². The predicted octanol–water partition coefficient (Wildman–Crippen LogP) is 2.97. The number of hydrogen-bond acceptors (Lipinski definition) is 1. The Kier molecular flexibility index (Phi) is 5.51. The van der Waals surface area contributed by atoms with Crippen LogP contribution in [0.1, 0.15) is 12.8 Å². The second-order valence-corrected chi connectivity index (χ2v) is 5.12. The molecule has 0 aliphatic rings. The molecule has 0 bridgehead atoms. The summed E-state index contributed by atoms with van der Waals surface area (Å²) in [6, 6.07) is 9.64. The molecule has 3 heteroatoms. The van der Waals surface area contributed by atoms with Gasteiger partial charge in [0.25, 0.3) is 0 Å². The lowest BCUT2D eigenvalue weighted by Gasteiger charge is -2.09. The predicted molar refractivity (Wildman–Crippen MR) is 60.7 cm³/mol. The third-order valence-electron chi connectivity index (χ3n) is 1.72. The number of halogens is 1. The number of unbranched alkanes of at least 4 members (excludes halogenated alkanes) is 1. The second-order valence-electron chi connectivity index (χ2n) is 2.76.